The standard InChI is InChI=1S/C15H17N3O4/c1-9-6-10(7-12(19)16-9)14(21)17-3-2-15-11(17)8-13(20)18(15)4-5-22-15/h6-7,11H,2-5,8H2,1H3,(H,16,19)/t11-,15+/m1/s1. The van der Waals surface area contributed by atoms with E-state index in [1.807, 2.05) is 0 Å². The molecule has 2 amide bonds. The second-order valence-electron chi connectivity index (χ2n) is 6.12. The van der Waals surface area contributed by atoms with Crippen molar-refractivity contribution in [3.05, 3.63) is 33.7 Å². The van der Waals surface area contributed by atoms with Crippen molar-refractivity contribution < 1.29 is 14.3 Å². The Hall–Kier alpha value is -2.15. The number of amides is 2. The average molecular weight is 303 g/mol. The fraction of sp³-hybridized carbons (Fsp3) is 0.533. The molecule has 0 saturated carbocycles. The van der Waals surface area contributed by atoms with Crippen LogP contribution in [-0.4, -0.2) is 58.1 Å². The summed E-state index contributed by atoms with van der Waals surface area (Å²) in [6, 6.07) is 2.72. The zero-order chi connectivity index (χ0) is 15.5. The molecule has 2 atom stereocenters. The minimum Gasteiger partial charge on any atom is -0.351 e. The van der Waals surface area contributed by atoms with Gasteiger partial charge in [-0.1, -0.05) is 0 Å². The lowest BCUT2D eigenvalue weighted by molar-refractivity contribution is -0.136. The summed E-state index contributed by atoms with van der Waals surface area (Å²) in [6.45, 7) is 3.40. The van der Waals surface area contributed by atoms with Crippen molar-refractivity contribution in [2.75, 3.05) is 19.7 Å². The summed E-state index contributed by atoms with van der Waals surface area (Å²) in [5, 5.41) is 0. The fourth-order valence-corrected chi connectivity index (χ4v) is 4.01. The molecule has 3 fully saturated rings. The number of rotatable bonds is 1. The number of nitrogens with zero attached hydrogens (tertiary/aromatic N) is 2. The van der Waals surface area contributed by atoms with Crippen molar-refractivity contribution in [1.29, 1.82) is 0 Å². The Morgan fingerprint density at radius 3 is 2.95 bits per heavy atom. The molecule has 3 aliphatic rings. The molecule has 0 aromatic carbocycles. The Morgan fingerprint density at radius 2 is 2.18 bits per heavy atom. The van der Waals surface area contributed by atoms with Gasteiger partial charge in [-0.05, 0) is 13.0 Å². The maximum Gasteiger partial charge on any atom is 0.254 e. The van der Waals surface area contributed by atoms with Crippen LogP contribution in [0.4, 0.5) is 0 Å². The third-order valence-corrected chi connectivity index (χ3v) is 4.89. The van der Waals surface area contributed by atoms with Gasteiger partial charge in [0.1, 0.15) is 0 Å². The number of aromatic amines is 1. The van der Waals surface area contributed by atoms with Gasteiger partial charge in [0.25, 0.3) is 5.91 Å². The fourth-order valence-electron chi connectivity index (χ4n) is 4.01. The molecule has 1 aromatic heterocycles. The highest BCUT2D eigenvalue weighted by atomic mass is 16.5. The monoisotopic (exact) mass is 303 g/mol. The van der Waals surface area contributed by atoms with Gasteiger partial charge in [-0.3, -0.25) is 14.4 Å². The van der Waals surface area contributed by atoms with E-state index < -0.39 is 5.72 Å². The molecule has 3 aliphatic heterocycles. The minimum atomic E-state index is -0.636. The van der Waals surface area contributed by atoms with Crippen LogP contribution < -0.4 is 5.56 Å². The summed E-state index contributed by atoms with van der Waals surface area (Å²) in [5.41, 5.74) is 0.0786. The zero-order valence-electron chi connectivity index (χ0n) is 12.3. The number of hydrogen-bond acceptors (Lipinski definition) is 4. The molecule has 1 N–H and O–H groups in total. The predicted octanol–water partition coefficient (Wildman–Crippen LogP) is -0.143. The Labute approximate surface area is 126 Å². The van der Waals surface area contributed by atoms with Crippen molar-refractivity contribution in [2.24, 2.45) is 0 Å². The van der Waals surface area contributed by atoms with E-state index in [9.17, 15) is 14.4 Å². The highest BCUT2D eigenvalue weighted by molar-refractivity contribution is 5.95. The van der Waals surface area contributed by atoms with E-state index in [0.29, 0.717) is 43.8 Å². The first-order valence-electron chi connectivity index (χ1n) is 7.48. The van der Waals surface area contributed by atoms with Crippen LogP contribution >= 0.6 is 0 Å². The Kier molecular flexibility index (Phi) is 2.72. The molecule has 4 heterocycles. The van der Waals surface area contributed by atoms with Crippen LogP contribution in [0.15, 0.2) is 16.9 Å². The van der Waals surface area contributed by atoms with E-state index >= 15 is 0 Å². The highest BCUT2D eigenvalue weighted by Gasteiger charge is 2.62. The molecule has 7 nitrogen and oxygen atoms in total. The van der Waals surface area contributed by atoms with E-state index in [4.69, 9.17) is 4.74 Å². The van der Waals surface area contributed by atoms with Gasteiger partial charge in [0, 0.05) is 36.8 Å². The van der Waals surface area contributed by atoms with Gasteiger partial charge in [0.15, 0.2) is 5.72 Å². The molecule has 0 unspecified atom stereocenters. The van der Waals surface area contributed by atoms with Gasteiger partial charge in [-0.2, -0.15) is 0 Å². The van der Waals surface area contributed by atoms with Crippen LogP contribution in [-0.2, 0) is 9.53 Å². The number of aromatic nitrogens is 1. The van der Waals surface area contributed by atoms with Crippen molar-refractivity contribution in [1.82, 2.24) is 14.8 Å². The normalized spacial score (nSPS) is 29.9. The van der Waals surface area contributed by atoms with Gasteiger partial charge in [0.2, 0.25) is 11.5 Å². The van der Waals surface area contributed by atoms with Gasteiger partial charge in [-0.15, -0.1) is 0 Å². The first-order chi connectivity index (χ1) is 10.5. The molecule has 3 saturated heterocycles. The SMILES string of the molecule is Cc1cc(C(=O)N2CC[C@@]34OCCN3C(=O)C[C@@H]24)cc(=O)[nH]1. The van der Waals surface area contributed by atoms with E-state index in [-0.39, 0.29) is 23.4 Å². The quantitative estimate of drug-likeness (QED) is 0.782. The zero-order valence-corrected chi connectivity index (χ0v) is 12.3. The number of ether oxygens (including phenoxy) is 1. The van der Waals surface area contributed by atoms with Crippen LogP contribution in [0.1, 0.15) is 28.9 Å². The lowest BCUT2D eigenvalue weighted by atomic mass is 10.1. The summed E-state index contributed by atoms with van der Waals surface area (Å²) in [4.78, 5) is 42.6. The molecular weight excluding hydrogens is 286 g/mol. The van der Waals surface area contributed by atoms with E-state index in [2.05, 4.69) is 4.98 Å². The van der Waals surface area contributed by atoms with Crippen LogP contribution in [0.25, 0.3) is 0 Å². The van der Waals surface area contributed by atoms with Gasteiger partial charge in [-0.25, -0.2) is 0 Å². The van der Waals surface area contributed by atoms with Crippen molar-refractivity contribution in [3.8, 4) is 0 Å². The molecule has 22 heavy (non-hydrogen) atoms. The summed E-state index contributed by atoms with van der Waals surface area (Å²) in [7, 11) is 0. The number of likely N-dealkylation sites (tertiary alicyclic amines) is 1. The summed E-state index contributed by atoms with van der Waals surface area (Å²) in [6.07, 6.45) is 0.936. The van der Waals surface area contributed by atoms with Crippen molar-refractivity contribution in [2.45, 2.75) is 31.5 Å². The van der Waals surface area contributed by atoms with E-state index in [1.54, 1.807) is 22.8 Å². The largest absolute Gasteiger partial charge is 0.351 e. The number of H-pyrrole nitrogens is 1. The summed E-state index contributed by atoms with van der Waals surface area (Å²) >= 11 is 0. The molecule has 116 valence electrons. The first-order valence-corrected chi connectivity index (χ1v) is 7.48. The third kappa shape index (κ3) is 1.68. The molecule has 7 heteroatoms. The van der Waals surface area contributed by atoms with E-state index in [0.717, 1.165) is 0 Å². The number of hydrogen-bond donors (Lipinski definition) is 1. The van der Waals surface area contributed by atoms with Crippen LogP contribution in [0, 0.1) is 6.92 Å². The van der Waals surface area contributed by atoms with E-state index in [1.165, 1.54) is 6.07 Å². The predicted molar refractivity (Wildman–Crippen MR) is 76.3 cm³/mol. The van der Waals surface area contributed by atoms with Crippen LogP contribution in [0.3, 0.4) is 0 Å². The Balaban J connectivity index is 1.68. The smallest absolute Gasteiger partial charge is 0.254 e. The molecular formula is C15H17N3O4. The number of nitrogens with one attached hydrogen (secondary N) is 1. The summed E-state index contributed by atoms with van der Waals surface area (Å²) < 4.78 is 5.87. The maximum atomic E-state index is 12.8. The molecule has 4 rings (SSSR count). The number of carbonyl (C=O) groups excluding carboxylic acids is 2. The summed E-state index contributed by atoms with van der Waals surface area (Å²) in [5.74, 6) is -0.164. The average Bonchev–Trinajstić information content (AvgIpc) is 3.09. The van der Waals surface area contributed by atoms with Crippen LogP contribution in [0.2, 0.25) is 0 Å². The van der Waals surface area contributed by atoms with Crippen LogP contribution in [0.5, 0.6) is 0 Å². The second-order valence-corrected chi connectivity index (χ2v) is 6.12. The van der Waals surface area contributed by atoms with Crippen molar-refractivity contribution in [3.63, 3.8) is 0 Å². The third-order valence-electron chi connectivity index (χ3n) is 4.89. The second kappa shape index (κ2) is 4.42. The molecule has 1 aromatic rings. The Morgan fingerprint density at radius 1 is 1.36 bits per heavy atom. The topological polar surface area (TPSA) is 82.7 Å². The first kappa shape index (κ1) is 13.5. The molecule has 0 aliphatic carbocycles. The lowest BCUT2D eigenvalue weighted by Gasteiger charge is -2.31. The molecule has 0 radical (unpaired) electrons. The van der Waals surface area contributed by atoms with Gasteiger partial charge < -0.3 is 19.5 Å². The Bertz CT molecular complexity index is 728. The molecule has 1 spiro atoms. The number of carbonyl (C=O) groups is 2. The highest BCUT2D eigenvalue weighted by Crippen LogP contribution is 2.45. The van der Waals surface area contributed by atoms with Gasteiger partial charge in [0.05, 0.1) is 19.1 Å². The number of pyridine rings is 1. The molecule has 0 bridgehead atoms. The minimum absolute atomic E-state index is 0.0436. The van der Waals surface area contributed by atoms with Crippen molar-refractivity contribution >= 4 is 11.8 Å². The number of aryl methyl sites for hydroxylation is 1. The maximum absolute atomic E-state index is 12.8. The lowest BCUT2D eigenvalue weighted by Crippen LogP contribution is -2.48. The van der Waals surface area contributed by atoms with Gasteiger partial charge >= 0.3 is 0 Å².